The summed E-state index contributed by atoms with van der Waals surface area (Å²) in [5, 5.41) is 2.89. The van der Waals surface area contributed by atoms with E-state index in [0.717, 1.165) is 53.1 Å². The van der Waals surface area contributed by atoms with Crippen LogP contribution in [-0.2, 0) is 19.4 Å². The maximum Gasteiger partial charge on any atom is 0.273 e. The number of para-hydroxylation sites is 2. The number of nitrogens with zero attached hydrogens (tertiary/aromatic N) is 3. The predicted octanol–water partition coefficient (Wildman–Crippen LogP) is 4.86. The minimum Gasteiger partial charge on any atom is -0.342 e. The Morgan fingerprint density at radius 2 is 1.76 bits per heavy atom. The third kappa shape index (κ3) is 4.90. The minimum atomic E-state index is -0.0290. The molecule has 0 radical (unpaired) electrons. The van der Waals surface area contributed by atoms with Gasteiger partial charge in [0.05, 0.1) is 16.0 Å². The molecule has 0 atom stereocenters. The van der Waals surface area contributed by atoms with Gasteiger partial charge in [-0.05, 0) is 37.0 Å². The molecule has 0 saturated heterocycles. The van der Waals surface area contributed by atoms with E-state index in [9.17, 15) is 4.79 Å². The topological polar surface area (TPSA) is 61.9 Å². The summed E-state index contributed by atoms with van der Waals surface area (Å²) in [4.78, 5) is 26.9. The van der Waals surface area contributed by atoms with Crippen LogP contribution < -0.4 is 0 Å². The van der Waals surface area contributed by atoms with Gasteiger partial charge in [-0.1, -0.05) is 42.5 Å². The fraction of sp³-hybridized carbons (Fsp3) is 0.261. The van der Waals surface area contributed by atoms with Gasteiger partial charge >= 0.3 is 0 Å². The first-order valence-corrected chi connectivity index (χ1v) is 10.7. The van der Waals surface area contributed by atoms with Crippen LogP contribution in [0.1, 0.15) is 39.7 Å². The second-order valence-corrected chi connectivity index (χ2v) is 8.12. The van der Waals surface area contributed by atoms with Gasteiger partial charge in [-0.25, -0.2) is 9.97 Å². The van der Waals surface area contributed by atoms with Crippen LogP contribution in [0.4, 0.5) is 0 Å². The molecule has 0 bridgehead atoms. The van der Waals surface area contributed by atoms with Gasteiger partial charge in [0.1, 0.15) is 11.5 Å². The van der Waals surface area contributed by atoms with Crippen LogP contribution >= 0.6 is 11.3 Å². The number of unbranched alkanes of at least 4 members (excludes halogenated alkanes) is 1. The Morgan fingerprint density at radius 1 is 1.00 bits per heavy atom. The van der Waals surface area contributed by atoms with Crippen LogP contribution in [-0.4, -0.2) is 32.8 Å². The van der Waals surface area contributed by atoms with Crippen LogP contribution in [0.5, 0.6) is 0 Å². The number of aromatic nitrogens is 3. The summed E-state index contributed by atoms with van der Waals surface area (Å²) in [7, 11) is 1.82. The number of imidazole rings is 1. The van der Waals surface area contributed by atoms with Crippen LogP contribution in [0.25, 0.3) is 11.0 Å². The number of aryl methyl sites for hydroxylation is 2. The van der Waals surface area contributed by atoms with Gasteiger partial charge in [-0.2, -0.15) is 0 Å². The number of thiazole rings is 1. The van der Waals surface area contributed by atoms with E-state index in [1.807, 2.05) is 61.0 Å². The molecule has 0 spiro atoms. The lowest BCUT2D eigenvalue weighted by Crippen LogP contribution is -2.26. The van der Waals surface area contributed by atoms with E-state index in [0.29, 0.717) is 12.2 Å². The molecular formula is C23H24N4OS. The highest BCUT2D eigenvalue weighted by Crippen LogP contribution is 2.17. The summed E-state index contributed by atoms with van der Waals surface area (Å²) >= 11 is 1.57. The largest absolute Gasteiger partial charge is 0.342 e. The fourth-order valence-corrected chi connectivity index (χ4v) is 4.16. The smallest absolute Gasteiger partial charge is 0.273 e. The Hall–Kier alpha value is -2.99. The van der Waals surface area contributed by atoms with Crippen LogP contribution in [0.15, 0.2) is 60.0 Å². The van der Waals surface area contributed by atoms with Crippen molar-refractivity contribution in [3.8, 4) is 0 Å². The number of fused-ring (bicyclic) bond motifs is 1. The molecule has 4 rings (SSSR count). The Morgan fingerprint density at radius 3 is 2.59 bits per heavy atom. The Kier molecular flexibility index (Phi) is 6.00. The summed E-state index contributed by atoms with van der Waals surface area (Å²) in [5.74, 6) is 1.00. The lowest BCUT2D eigenvalue weighted by molar-refractivity contribution is 0.0780. The zero-order valence-corrected chi connectivity index (χ0v) is 17.3. The van der Waals surface area contributed by atoms with E-state index >= 15 is 0 Å². The molecule has 2 aromatic carbocycles. The van der Waals surface area contributed by atoms with E-state index < -0.39 is 0 Å². The molecular weight excluding hydrogens is 380 g/mol. The van der Waals surface area contributed by atoms with Gasteiger partial charge in [0.2, 0.25) is 0 Å². The van der Waals surface area contributed by atoms with Gasteiger partial charge in [-0.15, -0.1) is 11.3 Å². The van der Waals surface area contributed by atoms with Crippen molar-refractivity contribution < 1.29 is 4.79 Å². The molecule has 0 aliphatic rings. The first kappa shape index (κ1) is 19.3. The van der Waals surface area contributed by atoms with E-state index in [-0.39, 0.29) is 5.91 Å². The highest BCUT2D eigenvalue weighted by Gasteiger charge is 2.15. The van der Waals surface area contributed by atoms with E-state index in [1.54, 1.807) is 16.2 Å². The molecule has 0 aliphatic heterocycles. The van der Waals surface area contributed by atoms with Crippen LogP contribution in [0.3, 0.4) is 0 Å². The molecule has 0 unspecified atom stereocenters. The summed E-state index contributed by atoms with van der Waals surface area (Å²) in [6, 6.07) is 18.1. The van der Waals surface area contributed by atoms with Crippen molar-refractivity contribution in [3.05, 3.63) is 82.1 Å². The quantitative estimate of drug-likeness (QED) is 0.427. The number of amides is 1. The normalized spacial score (nSPS) is 11.1. The predicted molar refractivity (Wildman–Crippen MR) is 117 cm³/mol. The van der Waals surface area contributed by atoms with Gasteiger partial charge in [-0.3, -0.25) is 4.79 Å². The average Bonchev–Trinajstić information content (AvgIpc) is 3.38. The summed E-state index contributed by atoms with van der Waals surface area (Å²) in [6.07, 6.45) is 3.88. The molecule has 1 N–H and O–H groups in total. The number of hydrogen-bond acceptors (Lipinski definition) is 4. The summed E-state index contributed by atoms with van der Waals surface area (Å²) in [5.41, 5.74) is 3.76. The number of carbonyl (C=O) groups is 1. The number of hydrogen-bond donors (Lipinski definition) is 1. The molecule has 1 amide bonds. The van der Waals surface area contributed by atoms with E-state index in [1.165, 1.54) is 0 Å². The Balaban J connectivity index is 1.26. The lowest BCUT2D eigenvalue weighted by atomic mass is 10.2. The molecule has 0 aliphatic carbocycles. The number of aromatic amines is 1. The second-order valence-electron chi connectivity index (χ2n) is 7.18. The van der Waals surface area contributed by atoms with Crippen molar-refractivity contribution in [3.63, 3.8) is 0 Å². The Bertz CT molecular complexity index is 1050. The third-order valence-corrected chi connectivity index (χ3v) is 5.78. The van der Waals surface area contributed by atoms with Crippen molar-refractivity contribution in [2.75, 3.05) is 7.05 Å². The van der Waals surface area contributed by atoms with E-state index in [4.69, 9.17) is 0 Å². The molecule has 5 nitrogen and oxygen atoms in total. The highest BCUT2D eigenvalue weighted by atomic mass is 32.1. The van der Waals surface area contributed by atoms with E-state index in [2.05, 4.69) is 21.0 Å². The number of benzene rings is 2. The number of nitrogens with one attached hydrogen (secondary N) is 1. The van der Waals surface area contributed by atoms with Crippen LogP contribution in [0, 0.1) is 0 Å². The lowest BCUT2D eigenvalue weighted by Gasteiger charge is -2.15. The Labute approximate surface area is 174 Å². The molecule has 4 aromatic rings. The molecule has 0 fully saturated rings. The molecule has 2 heterocycles. The first-order chi connectivity index (χ1) is 14.2. The third-order valence-electron chi connectivity index (χ3n) is 4.87. The van der Waals surface area contributed by atoms with Crippen LogP contribution in [0.2, 0.25) is 0 Å². The van der Waals surface area contributed by atoms with Crippen molar-refractivity contribution in [1.82, 2.24) is 19.9 Å². The van der Waals surface area contributed by atoms with Gasteiger partial charge < -0.3 is 9.88 Å². The standard InChI is InChI=1S/C23H24N4OS/c1-27(15-17-9-3-2-4-10-17)23(28)20-16-29-22(26-20)14-8-7-13-21-24-18-11-5-6-12-19(18)25-21/h2-6,9-12,16H,7-8,13-15H2,1H3,(H,24,25). The molecule has 29 heavy (non-hydrogen) atoms. The monoisotopic (exact) mass is 404 g/mol. The number of carbonyl (C=O) groups excluding carboxylic acids is 1. The fourth-order valence-electron chi connectivity index (χ4n) is 3.34. The maximum absolute atomic E-state index is 12.6. The van der Waals surface area contributed by atoms with Gasteiger partial charge in [0, 0.05) is 25.4 Å². The average molecular weight is 405 g/mol. The number of rotatable bonds is 8. The summed E-state index contributed by atoms with van der Waals surface area (Å²) in [6.45, 7) is 0.587. The maximum atomic E-state index is 12.6. The molecule has 6 heteroatoms. The van der Waals surface area contributed by atoms with Crippen molar-refractivity contribution in [1.29, 1.82) is 0 Å². The molecule has 148 valence electrons. The van der Waals surface area contributed by atoms with Crippen molar-refractivity contribution in [2.24, 2.45) is 0 Å². The second kappa shape index (κ2) is 9.01. The minimum absolute atomic E-state index is 0.0290. The van der Waals surface area contributed by atoms with Crippen molar-refractivity contribution in [2.45, 2.75) is 32.2 Å². The number of H-pyrrole nitrogens is 1. The first-order valence-electron chi connectivity index (χ1n) is 9.86. The SMILES string of the molecule is CN(Cc1ccccc1)C(=O)c1csc(CCCCc2nc3ccccc3[nH]2)n1. The zero-order chi connectivity index (χ0) is 20.1. The van der Waals surface area contributed by atoms with Gasteiger partial charge in [0.15, 0.2) is 0 Å². The zero-order valence-electron chi connectivity index (χ0n) is 16.5. The highest BCUT2D eigenvalue weighted by molar-refractivity contribution is 7.09. The molecule has 2 aromatic heterocycles. The molecule has 0 saturated carbocycles. The van der Waals surface area contributed by atoms with Gasteiger partial charge in [0.25, 0.3) is 5.91 Å². The summed E-state index contributed by atoms with van der Waals surface area (Å²) < 4.78 is 0. The van der Waals surface area contributed by atoms with Crippen molar-refractivity contribution >= 4 is 28.3 Å².